The van der Waals surface area contributed by atoms with E-state index in [9.17, 15) is 5.11 Å². The van der Waals surface area contributed by atoms with E-state index in [4.69, 9.17) is 4.74 Å². The first-order valence-corrected chi connectivity index (χ1v) is 7.30. The lowest BCUT2D eigenvalue weighted by atomic mass is 9.91. The molecule has 4 heteroatoms. The molecule has 1 heterocycles. The molecule has 1 fully saturated rings. The number of rotatable bonds is 8. The Labute approximate surface area is 112 Å². The van der Waals surface area contributed by atoms with Crippen molar-refractivity contribution >= 4 is 0 Å². The number of hydrogen-bond acceptors (Lipinski definition) is 4. The number of ether oxygens (including phenoxy) is 1. The van der Waals surface area contributed by atoms with E-state index in [-0.39, 0.29) is 6.10 Å². The van der Waals surface area contributed by atoms with E-state index in [0.717, 1.165) is 26.2 Å². The lowest BCUT2D eigenvalue weighted by Crippen LogP contribution is -2.47. The Morgan fingerprint density at radius 1 is 1.50 bits per heavy atom. The van der Waals surface area contributed by atoms with E-state index in [1.165, 1.54) is 19.3 Å². The second kappa shape index (κ2) is 8.86. The van der Waals surface area contributed by atoms with Gasteiger partial charge < -0.3 is 20.1 Å². The third-order valence-corrected chi connectivity index (χ3v) is 3.79. The minimum absolute atomic E-state index is 0.354. The molecule has 0 aromatic rings. The van der Waals surface area contributed by atoms with Crippen LogP contribution in [0.4, 0.5) is 0 Å². The van der Waals surface area contributed by atoms with E-state index in [0.29, 0.717) is 18.6 Å². The quantitative estimate of drug-likeness (QED) is 0.684. The molecule has 0 saturated carbocycles. The van der Waals surface area contributed by atoms with Gasteiger partial charge in [0.2, 0.25) is 0 Å². The number of piperidine rings is 1. The highest BCUT2D eigenvalue weighted by Gasteiger charge is 2.25. The highest BCUT2D eigenvalue weighted by atomic mass is 16.5. The molecule has 0 aliphatic carbocycles. The number of nitrogens with zero attached hydrogens (tertiary/aromatic N) is 1. The van der Waals surface area contributed by atoms with Crippen molar-refractivity contribution in [2.75, 3.05) is 39.9 Å². The largest absolute Gasteiger partial charge is 0.389 e. The van der Waals surface area contributed by atoms with Crippen LogP contribution in [-0.4, -0.2) is 62.0 Å². The summed E-state index contributed by atoms with van der Waals surface area (Å²) in [7, 11) is 1.64. The summed E-state index contributed by atoms with van der Waals surface area (Å²) in [5, 5.41) is 13.4. The van der Waals surface area contributed by atoms with Crippen molar-refractivity contribution in [3.05, 3.63) is 0 Å². The number of methoxy groups -OCH3 is 1. The molecule has 0 bridgehead atoms. The number of β-amino-alcohol motifs (C(OH)–C–C–N with tert-alkyl or cyclic N) is 1. The molecule has 1 aliphatic rings. The Morgan fingerprint density at radius 2 is 2.28 bits per heavy atom. The zero-order valence-corrected chi connectivity index (χ0v) is 12.2. The highest BCUT2D eigenvalue weighted by Crippen LogP contribution is 2.19. The molecular formula is C14H30N2O2. The van der Waals surface area contributed by atoms with Crippen LogP contribution in [0.5, 0.6) is 0 Å². The molecule has 0 spiro atoms. The van der Waals surface area contributed by atoms with Crippen LogP contribution in [-0.2, 0) is 4.74 Å². The predicted octanol–water partition coefficient (Wildman–Crippen LogP) is 1.09. The van der Waals surface area contributed by atoms with Crippen LogP contribution < -0.4 is 5.32 Å². The molecule has 3 atom stereocenters. The third kappa shape index (κ3) is 5.65. The Hall–Kier alpha value is -0.160. The fraction of sp³-hybridized carbons (Fsp3) is 1.00. The van der Waals surface area contributed by atoms with Crippen molar-refractivity contribution in [3.8, 4) is 0 Å². The number of likely N-dealkylation sites (tertiary alicyclic amines) is 1. The topological polar surface area (TPSA) is 44.7 Å². The molecular weight excluding hydrogens is 228 g/mol. The molecule has 0 aromatic heterocycles. The van der Waals surface area contributed by atoms with Crippen molar-refractivity contribution in [1.82, 2.24) is 10.2 Å². The average Bonchev–Trinajstić information content (AvgIpc) is 2.36. The smallest absolute Gasteiger partial charge is 0.0900 e. The van der Waals surface area contributed by atoms with Crippen LogP contribution in [0.15, 0.2) is 0 Å². The first-order valence-electron chi connectivity index (χ1n) is 7.30. The van der Waals surface area contributed by atoms with Crippen LogP contribution >= 0.6 is 0 Å². The van der Waals surface area contributed by atoms with E-state index in [1.54, 1.807) is 7.11 Å². The second-order valence-corrected chi connectivity index (χ2v) is 5.51. The fourth-order valence-electron chi connectivity index (χ4n) is 2.75. The molecule has 108 valence electrons. The first kappa shape index (κ1) is 15.9. The van der Waals surface area contributed by atoms with Crippen LogP contribution in [0.3, 0.4) is 0 Å². The van der Waals surface area contributed by atoms with Gasteiger partial charge in [0, 0.05) is 26.2 Å². The van der Waals surface area contributed by atoms with Gasteiger partial charge in [-0.05, 0) is 45.2 Å². The number of nitrogens with one attached hydrogen (secondary N) is 1. The summed E-state index contributed by atoms with van der Waals surface area (Å²) < 4.78 is 4.98. The second-order valence-electron chi connectivity index (χ2n) is 5.51. The maximum absolute atomic E-state index is 9.79. The molecule has 0 radical (unpaired) electrons. The molecule has 3 unspecified atom stereocenters. The Bertz CT molecular complexity index is 214. The summed E-state index contributed by atoms with van der Waals surface area (Å²) in [6.07, 6.45) is 3.37. The van der Waals surface area contributed by atoms with Gasteiger partial charge in [0.1, 0.15) is 0 Å². The van der Waals surface area contributed by atoms with Crippen molar-refractivity contribution in [2.45, 2.75) is 45.3 Å². The van der Waals surface area contributed by atoms with Crippen molar-refractivity contribution < 1.29 is 9.84 Å². The molecule has 2 N–H and O–H groups in total. The zero-order chi connectivity index (χ0) is 13.4. The van der Waals surface area contributed by atoms with E-state index in [2.05, 4.69) is 24.1 Å². The number of aliphatic hydroxyl groups excluding tert-OH is 1. The molecule has 0 amide bonds. The normalized spacial score (nSPS) is 25.0. The standard InChI is InChI=1S/C14H30N2O2/c1-4-7-15-12(2)13-6-5-8-16(9-13)10-14(17)11-18-3/h12-15,17H,4-11H2,1-3H3. The summed E-state index contributed by atoms with van der Waals surface area (Å²) in [5.41, 5.74) is 0. The Morgan fingerprint density at radius 3 is 2.94 bits per heavy atom. The summed E-state index contributed by atoms with van der Waals surface area (Å²) in [4.78, 5) is 2.38. The highest BCUT2D eigenvalue weighted by molar-refractivity contribution is 4.81. The molecule has 0 aromatic carbocycles. The number of hydrogen-bond donors (Lipinski definition) is 2. The monoisotopic (exact) mass is 258 g/mol. The van der Waals surface area contributed by atoms with Crippen LogP contribution in [0.25, 0.3) is 0 Å². The lowest BCUT2D eigenvalue weighted by molar-refractivity contribution is 0.0246. The zero-order valence-electron chi connectivity index (χ0n) is 12.2. The summed E-state index contributed by atoms with van der Waals surface area (Å²) >= 11 is 0. The molecule has 1 saturated heterocycles. The molecule has 4 nitrogen and oxygen atoms in total. The van der Waals surface area contributed by atoms with Crippen LogP contribution in [0.2, 0.25) is 0 Å². The van der Waals surface area contributed by atoms with Gasteiger partial charge in [-0.15, -0.1) is 0 Å². The summed E-state index contributed by atoms with van der Waals surface area (Å²) in [6.45, 7) is 8.97. The van der Waals surface area contributed by atoms with Gasteiger partial charge in [-0.1, -0.05) is 6.92 Å². The maximum atomic E-state index is 9.79. The third-order valence-electron chi connectivity index (χ3n) is 3.79. The van der Waals surface area contributed by atoms with Crippen LogP contribution in [0, 0.1) is 5.92 Å². The fourth-order valence-corrected chi connectivity index (χ4v) is 2.75. The Balaban J connectivity index is 2.31. The van der Waals surface area contributed by atoms with E-state index in [1.807, 2.05) is 0 Å². The summed E-state index contributed by atoms with van der Waals surface area (Å²) in [6, 6.07) is 0.576. The van der Waals surface area contributed by atoms with Gasteiger partial charge in [-0.3, -0.25) is 0 Å². The average molecular weight is 258 g/mol. The summed E-state index contributed by atoms with van der Waals surface area (Å²) in [5.74, 6) is 0.708. The van der Waals surface area contributed by atoms with Crippen molar-refractivity contribution in [1.29, 1.82) is 0 Å². The van der Waals surface area contributed by atoms with Crippen molar-refractivity contribution in [3.63, 3.8) is 0 Å². The van der Waals surface area contributed by atoms with Gasteiger partial charge in [-0.25, -0.2) is 0 Å². The Kier molecular flexibility index (Phi) is 7.82. The molecule has 1 aliphatic heterocycles. The first-order chi connectivity index (χ1) is 8.67. The van der Waals surface area contributed by atoms with Gasteiger partial charge in [0.05, 0.1) is 12.7 Å². The van der Waals surface area contributed by atoms with Crippen LogP contribution in [0.1, 0.15) is 33.1 Å². The number of aliphatic hydroxyl groups is 1. The molecule has 1 rings (SSSR count). The minimum atomic E-state index is -0.354. The van der Waals surface area contributed by atoms with E-state index >= 15 is 0 Å². The molecule has 18 heavy (non-hydrogen) atoms. The van der Waals surface area contributed by atoms with Gasteiger partial charge in [0.25, 0.3) is 0 Å². The lowest BCUT2D eigenvalue weighted by Gasteiger charge is -2.37. The van der Waals surface area contributed by atoms with Gasteiger partial charge in [0.15, 0.2) is 0 Å². The maximum Gasteiger partial charge on any atom is 0.0900 e. The van der Waals surface area contributed by atoms with E-state index < -0.39 is 0 Å². The van der Waals surface area contributed by atoms with Gasteiger partial charge in [-0.2, -0.15) is 0 Å². The van der Waals surface area contributed by atoms with Gasteiger partial charge >= 0.3 is 0 Å². The van der Waals surface area contributed by atoms with Crippen molar-refractivity contribution in [2.24, 2.45) is 5.92 Å². The SMILES string of the molecule is CCCNC(C)C1CCCN(CC(O)COC)C1. The predicted molar refractivity (Wildman–Crippen MR) is 74.8 cm³/mol. The minimum Gasteiger partial charge on any atom is -0.389 e.